The monoisotopic (exact) mass is 600 g/mol. The number of alkyl halides is 1. The van der Waals surface area contributed by atoms with Gasteiger partial charge in [-0.05, 0) is 37.5 Å². The van der Waals surface area contributed by atoms with Crippen LogP contribution >= 0.6 is 0 Å². The lowest BCUT2D eigenvalue weighted by molar-refractivity contribution is 0.0782. The number of nitrogens with one attached hydrogen (secondary N) is 3. The van der Waals surface area contributed by atoms with Gasteiger partial charge in [-0.1, -0.05) is 5.16 Å². The Hall–Kier alpha value is -4.53. The number of hydrogen-bond donors (Lipinski definition) is 3. The number of H-pyrrole nitrogens is 1. The van der Waals surface area contributed by atoms with Gasteiger partial charge in [0.15, 0.2) is 22.1 Å². The highest BCUT2D eigenvalue weighted by atomic mass is 32.2. The number of likely N-dealkylation sites (tertiary alicyclic amines) is 1. The Morgan fingerprint density at radius 2 is 1.76 bits per heavy atom. The van der Waals surface area contributed by atoms with Crippen LogP contribution in [0.15, 0.2) is 39.8 Å². The molecule has 1 aliphatic heterocycles. The van der Waals surface area contributed by atoms with Gasteiger partial charge in [0.25, 0.3) is 15.9 Å². The predicted octanol–water partition coefficient (Wildman–Crippen LogP) is 4.18. The normalized spacial score (nSPS) is 17.0. The van der Waals surface area contributed by atoms with E-state index in [0.717, 1.165) is 18.5 Å². The van der Waals surface area contributed by atoms with E-state index in [0.29, 0.717) is 28.6 Å². The second-order valence-corrected chi connectivity index (χ2v) is 11.8. The number of benzene rings is 2. The van der Waals surface area contributed by atoms with Crippen molar-refractivity contribution in [3.63, 3.8) is 0 Å². The molecular formula is C27H29FN6O7S. The summed E-state index contributed by atoms with van der Waals surface area (Å²) >= 11 is 0. The number of aromatic nitrogens is 3. The van der Waals surface area contributed by atoms with Gasteiger partial charge in [0.05, 0.1) is 38.9 Å². The Kier molecular flexibility index (Phi) is 7.04. The van der Waals surface area contributed by atoms with E-state index in [9.17, 15) is 17.6 Å². The van der Waals surface area contributed by atoms with Gasteiger partial charge in [0.1, 0.15) is 23.4 Å². The van der Waals surface area contributed by atoms with Crippen molar-refractivity contribution in [3.05, 3.63) is 41.6 Å². The molecular weight excluding hydrogens is 571 g/mol. The van der Waals surface area contributed by atoms with Crippen LogP contribution in [0.1, 0.15) is 41.2 Å². The Morgan fingerprint density at radius 3 is 2.38 bits per heavy atom. The third-order valence-electron chi connectivity index (χ3n) is 7.29. The maximum Gasteiger partial charge on any atom is 0.270 e. The van der Waals surface area contributed by atoms with Crippen molar-refractivity contribution in [2.45, 2.75) is 36.2 Å². The Labute approximate surface area is 240 Å². The highest BCUT2D eigenvalue weighted by Crippen LogP contribution is 2.41. The first kappa shape index (κ1) is 27.6. The molecule has 1 amide bonds. The van der Waals surface area contributed by atoms with E-state index >= 15 is 0 Å². The zero-order valence-corrected chi connectivity index (χ0v) is 23.9. The third kappa shape index (κ3) is 5.15. The molecule has 1 atom stereocenters. The number of carbonyl (C=O) groups excluding carboxylic acids is 1. The molecule has 2 fully saturated rings. The van der Waals surface area contributed by atoms with Gasteiger partial charge < -0.3 is 29.0 Å². The largest absolute Gasteiger partial charge is 0.495 e. The summed E-state index contributed by atoms with van der Waals surface area (Å²) < 4.78 is 65.1. The van der Waals surface area contributed by atoms with Crippen LogP contribution in [0.2, 0.25) is 0 Å². The molecule has 2 aromatic heterocycles. The number of anilines is 3. The van der Waals surface area contributed by atoms with Crippen LogP contribution in [0.5, 0.6) is 17.2 Å². The highest BCUT2D eigenvalue weighted by molar-refractivity contribution is 7.93. The minimum atomic E-state index is -4.39. The van der Waals surface area contributed by atoms with Gasteiger partial charge in [-0.3, -0.25) is 14.6 Å². The molecule has 6 rings (SSSR count). The zero-order chi connectivity index (χ0) is 29.6. The van der Waals surface area contributed by atoms with Crippen molar-refractivity contribution in [2.75, 3.05) is 44.5 Å². The first-order valence-corrected chi connectivity index (χ1v) is 14.7. The maximum atomic E-state index is 13.7. The summed E-state index contributed by atoms with van der Waals surface area (Å²) in [5.41, 5.74) is 1.99. The molecule has 1 saturated heterocycles. The number of methoxy groups -OCH3 is 3. The van der Waals surface area contributed by atoms with E-state index < -0.39 is 22.1 Å². The first-order valence-electron chi connectivity index (χ1n) is 13.2. The summed E-state index contributed by atoms with van der Waals surface area (Å²) in [4.78, 5) is 14.0. The van der Waals surface area contributed by atoms with Gasteiger partial charge >= 0.3 is 0 Å². The van der Waals surface area contributed by atoms with Gasteiger partial charge in [0.2, 0.25) is 0 Å². The van der Waals surface area contributed by atoms with E-state index in [1.165, 1.54) is 38.4 Å². The number of rotatable bonds is 10. The van der Waals surface area contributed by atoms with Crippen molar-refractivity contribution < 1.29 is 36.3 Å². The fourth-order valence-electron chi connectivity index (χ4n) is 4.98. The number of aromatic amines is 1. The lowest BCUT2D eigenvalue weighted by atomic mass is 10.1. The molecule has 0 unspecified atom stereocenters. The molecule has 0 spiro atoms. The van der Waals surface area contributed by atoms with Gasteiger partial charge in [0, 0.05) is 35.9 Å². The topological polar surface area (TPSA) is 161 Å². The zero-order valence-electron chi connectivity index (χ0n) is 23.1. The minimum Gasteiger partial charge on any atom is -0.495 e. The molecule has 15 heteroatoms. The minimum absolute atomic E-state index is 0.0335. The second-order valence-electron chi connectivity index (χ2n) is 10.1. The standard InChI is InChI=1S/C27H29FN6O7S/c1-38-21-10-17-20(11-19(21)29-24-12-18(30-31-24)14-4-5-14)41-32-26(17)33-42(36,37)25-22(39-2)8-15(9-23(25)40-3)27(35)34-7-6-16(28)13-34/h8-12,14,16H,4-7,13H2,1-3H3,(H,32,33)(H2,29,30,31)/t16-/m0/s1. The van der Waals surface area contributed by atoms with Crippen molar-refractivity contribution in [1.29, 1.82) is 0 Å². The summed E-state index contributed by atoms with van der Waals surface area (Å²) in [5.74, 6) is 0.681. The summed E-state index contributed by atoms with van der Waals surface area (Å²) in [6, 6.07) is 7.73. The van der Waals surface area contributed by atoms with E-state index in [-0.39, 0.29) is 52.9 Å². The fourth-order valence-corrected chi connectivity index (χ4v) is 6.30. The number of ether oxygens (including phenoxy) is 3. The van der Waals surface area contributed by atoms with Crippen LogP contribution in [0.3, 0.4) is 0 Å². The SMILES string of the molecule is COc1cc2c(NS(=O)(=O)c3c(OC)cc(C(=O)N4CC[C@H](F)C4)cc3OC)noc2cc1Nc1cc(C2CC2)[nH]n1. The van der Waals surface area contributed by atoms with Crippen LogP contribution in [-0.4, -0.2) is 75.2 Å². The Bertz CT molecular complexity index is 1740. The van der Waals surface area contributed by atoms with Gasteiger partial charge in [-0.2, -0.15) is 5.10 Å². The third-order valence-corrected chi connectivity index (χ3v) is 8.70. The maximum absolute atomic E-state index is 13.7. The Morgan fingerprint density at radius 1 is 1.05 bits per heavy atom. The summed E-state index contributed by atoms with van der Waals surface area (Å²) in [6.45, 7) is 0.226. The molecule has 2 aliphatic rings. The summed E-state index contributed by atoms with van der Waals surface area (Å²) in [5, 5.41) is 14.8. The molecule has 1 aliphatic carbocycles. The number of amides is 1. The number of fused-ring (bicyclic) bond motifs is 1. The van der Waals surface area contributed by atoms with E-state index in [1.807, 2.05) is 6.07 Å². The van der Waals surface area contributed by atoms with E-state index in [2.05, 4.69) is 25.4 Å². The molecule has 42 heavy (non-hydrogen) atoms. The number of hydrogen-bond acceptors (Lipinski definition) is 10. The Balaban J connectivity index is 1.30. The quantitative estimate of drug-likeness (QED) is 0.241. The van der Waals surface area contributed by atoms with Crippen LogP contribution < -0.4 is 24.2 Å². The van der Waals surface area contributed by atoms with Crippen LogP contribution in [0.4, 0.5) is 21.7 Å². The highest BCUT2D eigenvalue weighted by Gasteiger charge is 2.32. The number of halogens is 1. The molecule has 0 radical (unpaired) electrons. The number of sulfonamides is 1. The fraction of sp³-hybridized carbons (Fsp3) is 0.370. The van der Waals surface area contributed by atoms with Crippen molar-refractivity contribution in [2.24, 2.45) is 0 Å². The smallest absolute Gasteiger partial charge is 0.270 e. The predicted molar refractivity (Wildman–Crippen MR) is 150 cm³/mol. The molecule has 3 heterocycles. The summed E-state index contributed by atoms with van der Waals surface area (Å²) in [6.07, 6.45) is 1.41. The van der Waals surface area contributed by atoms with Crippen molar-refractivity contribution in [1.82, 2.24) is 20.3 Å². The lowest BCUT2D eigenvalue weighted by Gasteiger charge is -2.19. The van der Waals surface area contributed by atoms with Crippen molar-refractivity contribution in [3.8, 4) is 17.2 Å². The number of carbonyl (C=O) groups is 1. The molecule has 2 aromatic carbocycles. The molecule has 222 valence electrons. The summed E-state index contributed by atoms with van der Waals surface area (Å²) in [7, 11) is -0.359. The molecule has 4 aromatic rings. The molecule has 1 saturated carbocycles. The van der Waals surface area contributed by atoms with Crippen LogP contribution in [0.25, 0.3) is 11.0 Å². The number of nitrogens with zero attached hydrogens (tertiary/aromatic N) is 3. The first-order chi connectivity index (χ1) is 20.2. The molecule has 3 N–H and O–H groups in total. The second kappa shape index (κ2) is 10.7. The average Bonchev–Trinajstić information content (AvgIpc) is 3.37. The van der Waals surface area contributed by atoms with Gasteiger partial charge in [-0.15, -0.1) is 0 Å². The van der Waals surface area contributed by atoms with Crippen LogP contribution in [0, 0.1) is 0 Å². The van der Waals surface area contributed by atoms with Crippen molar-refractivity contribution >= 4 is 44.2 Å². The van der Waals surface area contributed by atoms with Gasteiger partial charge in [-0.25, -0.2) is 12.8 Å². The van der Waals surface area contributed by atoms with E-state index in [1.54, 1.807) is 12.1 Å². The average molecular weight is 601 g/mol. The van der Waals surface area contributed by atoms with Crippen LogP contribution in [-0.2, 0) is 10.0 Å². The molecule has 0 bridgehead atoms. The lowest BCUT2D eigenvalue weighted by Crippen LogP contribution is -2.29. The van der Waals surface area contributed by atoms with E-state index in [4.69, 9.17) is 18.7 Å². The molecule has 13 nitrogen and oxygen atoms in total.